The molecule has 0 atom stereocenters. The summed E-state index contributed by atoms with van der Waals surface area (Å²) in [6.45, 7) is 4.14. The lowest BCUT2D eigenvalue weighted by molar-refractivity contribution is 0.0697. The van der Waals surface area contributed by atoms with Crippen LogP contribution in [0.3, 0.4) is 0 Å². The predicted octanol–water partition coefficient (Wildman–Crippen LogP) is 3.94. The van der Waals surface area contributed by atoms with Crippen LogP contribution in [0, 0.1) is 0 Å². The highest BCUT2D eigenvalue weighted by Crippen LogP contribution is 2.46. The molecule has 122 valence electrons. The maximum Gasteiger partial charge on any atom is 0.361 e. The Morgan fingerprint density at radius 1 is 0.913 bits per heavy atom. The smallest absolute Gasteiger partial charge is 0.361 e. The third-order valence-corrected chi connectivity index (χ3v) is 5.37. The molecule has 1 N–H and O–H groups in total. The molecule has 0 aliphatic rings. The van der Waals surface area contributed by atoms with E-state index < -0.39 is 13.6 Å². The van der Waals surface area contributed by atoms with Gasteiger partial charge in [0.05, 0.1) is 24.1 Å². The molecule has 0 unspecified atom stereocenters. The van der Waals surface area contributed by atoms with Crippen LogP contribution in [-0.4, -0.2) is 24.3 Å². The number of carboxylic acids is 1. The molecular formula is C17H19O5P. The molecule has 0 aliphatic heterocycles. The summed E-state index contributed by atoms with van der Waals surface area (Å²) in [6.07, 6.45) is 0. The number of carboxylic acid groups (broad SMARTS) is 1. The normalized spacial score (nSPS) is 11.4. The molecule has 6 heteroatoms. The Morgan fingerprint density at radius 2 is 1.35 bits per heavy atom. The monoisotopic (exact) mass is 334 g/mol. The summed E-state index contributed by atoms with van der Waals surface area (Å²) in [5, 5.41) is 9.42. The predicted molar refractivity (Wildman–Crippen MR) is 89.3 cm³/mol. The fourth-order valence-electron chi connectivity index (χ4n) is 2.17. The summed E-state index contributed by atoms with van der Waals surface area (Å²) < 4.78 is 23.3. The molecule has 0 bridgehead atoms. The van der Waals surface area contributed by atoms with Gasteiger partial charge in [-0.2, -0.15) is 0 Å². The number of hydrogen-bond acceptors (Lipinski definition) is 4. The van der Waals surface area contributed by atoms with Crippen molar-refractivity contribution < 1.29 is 23.5 Å². The second kappa shape index (κ2) is 7.55. The minimum absolute atomic E-state index is 0.238. The van der Waals surface area contributed by atoms with E-state index in [1.807, 2.05) is 12.1 Å². The Balaban J connectivity index is 2.28. The van der Waals surface area contributed by atoms with Gasteiger partial charge in [0.2, 0.25) is 0 Å². The molecule has 2 aromatic carbocycles. The molecule has 5 nitrogen and oxygen atoms in total. The Kier molecular flexibility index (Phi) is 5.72. The molecular weight excluding hydrogens is 315 g/mol. The van der Waals surface area contributed by atoms with Crippen molar-refractivity contribution in [2.45, 2.75) is 13.8 Å². The maximum atomic E-state index is 12.7. The zero-order valence-electron chi connectivity index (χ0n) is 13.1. The molecule has 0 saturated carbocycles. The van der Waals surface area contributed by atoms with Gasteiger partial charge in [-0.05, 0) is 49.2 Å². The van der Waals surface area contributed by atoms with Crippen LogP contribution in [-0.2, 0) is 13.6 Å². The molecule has 0 amide bonds. The number of benzene rings is 2. The minimum Gasteiger partial charge on any atom is -0.478 e. The first-order chi connectivity index (χ1) is 11.0. The Labute approximate surface area is 135 Å². The fraction of sp³-hybridized carbons (Fsp3) is 0.235. The lowest BCUT2D eigenvalue weighted by atomic mass is 10.0. The number of rotatable bonds is 7. The van der Waals surface area contributed by atoms with Gasteiger partial charge in [0, 0.05) is 0 Å². The van der Waals surface area contributed by atoms with E-state index in [0.717, 1.165) is 11.1 Å². The highest BCUT2D eigenvalue weighted by Gasteiger charge is 2.26. The summed E-state index contributed by atoms with van der Waals surface area (Å²) in [5.41, 5.74) is 2.01. The topological polar surface area (TPSA) is 72.8 Å². The highest BCUT2D eigenvalue weighted by molar-refractivity contribution is 7.62. The van der Waals surface area contributed by atoms with Gasteiger partial charge in [0.15, 0.2) is 0 Å². The van der Waals surface area contributed by atoms with E-state index >= 15 is 0 Å². The fourth-order valence-corrected chi connectivity index (χ4v) is 3.73. The standard InChI is InChI=1S/C17H19O5P/c1-3-21-23(20,22-4-2)16-11-9-14(10-12-16)13-5-7-15(8-6-13)17(18)19/h5-12H,3-4H2,1-2H3,(H,18,19). The van der Waals surface area contributed by atoms with Crippen LogP contribution in [0.1, 0.15) is 24.2 Å². The zero-order valence-corrected chi connectivity index (χ0v) is 14.0. The van der Waals surface area contributed by atoms with Crippen molar-refractivity contribution in [2.75, 3.05) is 13.2 Å². The van der Waals surface area contributed by atoms with E-state index in [4.69, 9.17) is 14.2 Å². The van der Waals surface area contributed by atoms with Crippen LogP contribution in [0.25, 0.3) is 11.1 Å². The summed E-state index contributed by atoms with van der Waals surface area (Å²) >= 11 is 0. The third-order valence-electron chi connectivity index (χ3n) is 3.25. The first kappa shape index (κ1) is 17.4. The zero-order chi connectivity index (χ0) is 16.9. The summed E-state index contributed by atoms with van der Waals surface area (Å²) in [7, 11) is -3.28. The van der Waals surface area contributed by atoms with E-state index in [1.54, 1.807) is 50.2 Å². The first-order valence-electron chi connectivity index (χ1n) is 7.33. The van der Waals surface area contributed by atoms with Gasteiger partial charge < -0.3 is 14.2 Å². The van der Waals surface area contributed by atoms with Crippen LogP contribution in [0.2, 0.25) is 0 Å². The second-order valence-corrected chi connectivity index (χ2v) is 6.79. The van der Waals surface area contributed by atoms with Crippen molar-refractivity contribution in [1.29, 1.82) is 0 Å². The van der Waals surface area contributed by atoms with E-state index in [-0.39, 0.29) is 5.56 Å². The lowest BCUT2D eigenvalue weighted by Gasteiger charge is -2.17. The van der Waals surface area contributed by atoms with E-state index in [9.17, 15) is 9.36 Å². The van der Waals surface area contributed by atoms with Crippen molar-refractivity contribution in [3.63, 3.8) is 0 Å². The molecule has 0 spiro atoms. The molecule has 0 saturated heterocycles. The van der Waals surface area contributed by atoms with Gasteiger partial charge in [0.25, 0.3) is 0 Å². The van der Waals surface area contributed by atoms with Crippen LogP contribution in [0.5, 0.6) is 0 Å². The Hall–Kier alpha value is -1.94. The average Bonchev–Trinajstić information content (AvgIpc) is 2.55. The van der Waals surface area contributed by atoms with Gasteiger partial charge in [-0.15, -0.1) is 0 Å². The van der Waals surface area contributed by atoms with Gasteiger partial charge in [-0.1, -0.05) is 24.3 Å². The Bertz CT molecular complexity index is 697. The van der Waals surface area contributed by atoms with Gasteiger partial charge in [0.1, 0.15) is 0 Å². The van der Waals surface area contributed by atoms with E-state index in [2.05, 4.69) is 0 Å². The third kappa shape index (κ3) is 4.08. The number of carbonyl (C=O) groups is 1. The quantitative estimate of drug-likeness (QED) is 0.776. The second-order valence-electron chi connectivity index (χ2n) is 4.76. The Morgan fingerprint density at radius 3 is 1.74 bits per heavy atom. The molecule has 0 aromatic heterocycles. The minimum atomic E-state index is -3.28. The first-order valence-corrected chi connectivity index (χ1v) is 8.88. The molecule has 0 fully saturated rings. The van der Waals surface area contributed by atoms with Gasteiger partial charge in [-0.3, -0.25) is 4.57 Å². The van der Waals surface area contributed by atoms with Crippen molar-refractivity contribution in [3.8, 4) is 11.1 Å². The van der Waals surface area contributed by atoms with Crippen LogP contribution >= 0.6 is 7.60 Å². The van der Waals surface area contributed by atoms with Crippen LogP contribution in [0.4, 0.5) is 0 Å². The molecule has 23 heavy (non-hydrogen) atoms. The summed E-state index contributed by atoms with van der Waals surface area (Å²) in [6, 6.07) is 13.6. The molecule has 2 aromatic rings. The number of aromatic carboxylic acids is 1. The van der Waals surface area contributed by atoms with Crippen molar-refractivity contribution in [2.24, 2.45) is 0 Å². The van der Waals surface area contributed by atoms with Crippen molar-refractivity contribution >= 4 is 18.9 Å². The largest absolute Gasteiger partial charge is 0.478 e. The molecule has 2 rings (SSSR count). The van der Waals surface area contributed by atoms with E-state index in [1.165, 1.54) is 0 Å². The van der Waals surface area contributed by atoms with Gasteiger partial charge in [-0.25, -0.2) is 4.79 Å². The molecule has 0 radical (unpaired) electrons. The van der Waals surface area contributed by atoms with E-state index in [0.29, 0.717) is 18.5 Å². The van der Waals surface area contributed by atoms with Crippen LogP contribution < -0.4 is 5.30 Å². The number of hydrogen-bond donors (Lipinski definition) is 1. The lowest BCUT2D eigenvalue weighted by Crippen LogP contribution is -2.10. The highest BCUT2D eigenvalue weighted by atomic mass is 31.2. The van der Waals surface area contributed by atoms with Gasteiger partial charge >= 0.3 is 13.6 Å². The van der Waals surface area contributed by atoms with Crippen molar-refractivity contribution in [1.82, 2.24) is 0 Å². The average molecular weight is 334 g/mol. The van der Waals surface area contributed by atoms with Crippen LogP contribution in [0.15, 0.2) is 48.5 Å². The van der Waals surface area contributed by atoms with Crippen molar-refractivity contribution in [3.05, 3.63) is 54.1 Å². The summed E-state index contributed by atoms with van der Waals surface area (Å²) in [4.78, 5) is 10.9. The molecule has 0 heterocycles. The summed E-state index contributed by atoms with van der Waals surface area (Å²) in [5.74, 6) is -0.957. The maximum absolute atomic E-state index is 12.7. The molecule has 0 aliphatic carbocycles. The SMILES string of the molecule is CCOP(=O)(OCC)c1ccc(-c2ccc(C(=O)O)cc2)cc1.